The smallest absolute Gasteiger partial charge is 0.207 e. The maximum Gasteiger partial charge on any atom is 0.241 e. The maximum atomic E-state index is 12.2. The molecular weight excluding hydrogens is 373 g/mol. The van der Waals surface area contributed by atoms with Crippen molar-refractivity contribution in [3.8, 4) is 0 Å². The van der Waals surface area contributed by atoms with Crippen molar-refractivity contribution in [3.63, 3.8) is 0 Å². The van der Waals surface area contributed by atoms with Crippen LogP contribution in [0, 0.1) is 3.57 Å². The summed E-state index contributed by atoms with van der Waals surface area (Å²) in [7, 11) is -3.48. The summed E-state index contributed by atoms with van der Waals surface area (Å²) < 4.78 is 28.1. The Morgan fingerprint density at radius 3 is 2.16 bits per heavy atom. The van der Waals surface area contributed by atoms with Gasteiger partial charge in [-0.05, 0) is 59.3 Å². The van der Waals surface area contributed by atoms with Gasteiger partial charge >= 0.3 is 0 Å². The summed E-state index contributed by atoms with van der Waals surface area (Å²) in [6.45, 7) is 1.83. The van der Waals surface area contributed by atoms with Gasteiger partial charge in [0.25, 0.3) is 0 Å². The molecule has 0 spiro atoms. The predicted octanol–water partition coefficient (Wildman–Crippen LogP) is 3.33. The van der Waals surface area contributed by atoms with Gasteiger partial charge in [0.05, 0.1) is 4.90 Å². The van der Waals surface area contributed by atoms with Crippen LogP contribution in [0.25, 0.3) is 0 Å². The molecule has 0 aliphatic carbocycles. The number of nitrogens with one attached hydrogen (secondary N) is 1. The Morgan fingerprint density at radius 2 is 1.58 bits per heavy atom. The highest BCUT2D eigenvalue weighted by molar-refractivity contribution is 14.1. The van der Waals surface area contributed by atoms with Gasteiger partial charge in [0.2, 0.25) is 10.0 Å². The summed E-state index contributed by atoms with van der Waals surface area (Å²) in [6.07, 6.45) is 0. The van der Waals surface area contributed by atoms with Crippen molar-refractivity contribution in [2.75, 3.05) is 0 Å². The molecule has 1 N–H and O–H groups in total. The molecule has 2 rings (SSSR count). The van der Waals surface area contributed by atoms with Crippen LogP contribution in [0.15, 0.2) is 59.5 Å². The summed E-state index contributed by atoms with van der Waals surface area (Å²) in [6, 6.07) is 16.0. The van der Waals surface area contributed by atoms with E-state index >= 15 is 0 Å². The first-order valence-electron chi connectivity index (χ1n) is 5.82. The molecule has 2 aromatic rings. The van der Waals surface area contributed by atoms with Crippen LogP contribution in [0.1, 0.15) is 18.5 Å². The fraction of sp³-hybridized carbons (Fsp3) is 0.143. The lowest BCUT2D eigenvalue weighted by molar-refractivity contribution is 0.567. The molecule has 3 nitrogen and oxygen atoms in total. The lowest BCUT2D eigenvalue weighted by atomic mass is 10.1. The number of halogens is 1. The third kappa shape index (κ3) is 3.77. The highest BCUT2D eigenvalue weighted by atomic mass is 127. The molecule has 0 saturated carbocycles. The molecule has 100 valence electrons. The number of benzene rings is 2. The summed E-state index contributed by atoms with van der Waals surface area (Å²) in [5, 5.41) is 0. The molecule has 0 radical (unpaired) electrons. The van der Waals surface area contributed by atoms with Crippen LogP contribution in [-0.4, -0.2) is 8.42 Å². The van der Waals surface area contributed by atoms with E-state index in [-0.39, 0.29) is 10.9 Å². The Kier molecular flexibility index (Phi) is 4.59. The van der Waals surface area contributed by atoms with E-state index in [1.165, 1.54) is 0 Å². The van der Waals surface area contributed by atoms with E-state index < -0.39 is 10.0 Å². The molecule has 0 amide bonds. The van der Waals surface area contributed by atoms with Gasteiger partial charge in [0.15, 0.2) is 0 Å². The first kappa shape index (κ1) is 14.5. The number of hydrogen-bond acceptors (Lipinski definition) is 2. The van der Waals surface area contributed by atoms with E-state index in [4.69, 9.17) is 0 Å². The molecule has 0 aromatic heterocycles. The van der Waals surface area contributed by atoms with E-state index in [2.05, 4.69) is 27.3 Å². The summed E-state index contributed by atoms with van der Waals surface area (Å²) in [5.74, 6) is 0. The first-order valence-corrected chi connectivity index (χ1v) is 8.38. The molecule has 2 aromatic carbocycles. The Labute approximate surface area is 127 Å². The van der Waals surface area contributed by atoms with Crippen molar-refractivity contribution in [2.24, 2.45) is 0 Å². The van der Waals surface area contributed by atoms with Crippen molar-refractivity contribution in [1.82, 2.24) is 4.72 Å². The quantitative estimate of drug-likeness (QED) is 0.819. The van der Waals surface area contributed by atoms with Gasteiger partial charge in [-0.1, -0.05) is 30.3 Å². The van der Waals surface area contributed by atoms with Gasteiger partial charge in [-0.25, -0.2) is 13.1 Å². The van der Waals surface area contributed by atoms with Crippen LogP contribution in [0.4, 0.5) is 0 Å². The van der Waals surface area contributed by atoms with E-state index in [0.29, 0.717) is 0 Å². The normalized spacial score (nSPS) is 13.2. The first-order chi connectivity index (χ1) is 8.99. The SMILES string of the molecule is C[C@@H](NS(=O)(=O)c1ccc(I)cc1)c1ccccc1. The number of rotatable bonds is 4. The molecule has 19 heavy (non-hydrogen) atoms. The van der Waals surface area contributed by atoms with Gasteiger partial charge in [-0.2, -0.15) is 0 Å². The minimum absolute atomic E-state index is 0.259. The molecule has 5 heteroatoms. The van der Waals surface area contributed by atoms with Crippen molar-refractivity contribution >= 4 is 32.6 Å². The van der Waals surface area contributed by atoms with Gasteiger partial charge in [-0.3, -0.25) is 0 Å². The van der Waals surface area contributed by atoms with Gasteiger partial charge < -0.3 is 0 Å². The largest absolute Gasteiger partial charge is 0.241 e. The van der Waals surface area contributed by atoms with Crippen LogP contribution < -0.4 is 4.72 Å². The predicted molar refractivity (Wildman–Crippen MR) is 84.3 cm³/mol. The fourth-order valence-corrected chi connectivity index (χ4v) is 3.32. The van der Waals surface area contributed by atoms with Crippen molar-refractivity contribution < 1.29 is 8.42 Å². The van der Waals surface area contributed by atoms with Crippen molar-refractivity contribution in [1.29, 1.82) is 0 Å². The van der Waals surface area contributed by atoms with E-state index in [1.807, 2.05) is 37.3 Å². The lowest BCUT2D eigenvalue weighted by Crippen LogP contribution is -2.26. The second kappa shape index (κ2) is 6.02. The topological polar surface area (TPSA) is 46.2 Å². The standard InChI is InChI=1S/C14H14INO2S/c1-11(12-5-3-2-4-6-12)16-19(17,18)14-9-7-13(15)8-10-14/h2-11,16H,1H3/t11-/m1/s1. The fourth-order valence-electron chi connectivity index (χ4n) is 1.72. The van der Waals surface area contributed by atoms with Gasteiger partial charge in [0, 0.05) is 9.61 Å². The Morgan fingerprint density at radius 1 is 1.00 bits per heavy atom. The third-order valence-electron chi connectivity index (χ3n) is 2.76. The molecular formula is C14H14INO2S. The zero-order chi connectivity index (χ0) is 13.9. The Bertz CT molecular complexity index is 639. The van der Waals surface area contributed by atoms with E-state index in [0.717, 1.165) is 9.13 Å². The molecule has 0 fully saturated rings. The molecule has 0 saturated heterocycles. The summed E-state index contributed by atoms with van der Waals surface area (Å²) in [4.78, 5) is 0.288. The van der Waals surface area contributed by atoms with Crippen molar-refractivity contribution in [2.45, 2.75) is 17.9 Å². The van der Waals surface area contributed by atoms with Crippen LogP contribution >= 0.6 is 22.6 Å². The molecule has 0 aliphatic rings. The average molecular weight is 387 g/mol. The third-order valence-corrected chi connectivity index (χ3v) is 5.03. The minimum atomic E-state index is -3.48. The van der Waals surface area contributed by atoms with E-state index in [1.54, 1.807) is 24.3 Å². The van der Waals surface area contributed by atoms with Crippen molar-refractivity contribution in [3.05, 3.63) is 63.7 Å². The highest BCUT2D eigenvalue weighted by Gasteiger charge is 2.17. The lowest BCUT2D eigenvalue weighted by Gasteiger charge is -2.14. The second-order valence-corrected chi connectivity index (χ2v) is 7.17. The second-order valence-electron chi connectivity index (χ2n) is 4.21. The van der Waals surface area contributed by atoms with Crippen LogP contribution in [0.2, 0.25) is 0 Å². The van der Waals surface area contributed by atoms with Crippen LogP contribution in [-0.2, 0) is 10.0 Å². The van der Waals surface area contributed by atoms with Gasteiger partial charge in [0.1, 0.15) is 0 Å². The summed E-state index contributed by atoms with van der Waals surface area (Å²) in [5.41, 5.74) is 0.941. The monoisotopic (exact) mass is 387 g/mol. The molecule has 0 heterocycles. The Hall–Kier alpha value is -0.920. The molecule has 1 atom stereocenters. The highest BCUT2D eigenvalue weighted by Crippen LogP contribution is 2.17. The Balaban J connectivity index is 2.20. The maximum absolute atomic E-state index is 12.2. The van der Waals surface area contributed by atoms with Crippen LogP contribution in [0.3, 0.4) is 0 Å². The molecule has 0 aliphatic heterocycles. The number of hydrogen-bond donors (Lipinski definition) is 1. The number of sulfonamides is 1. The molecule has 0 unspecified atom stereocenters. The zero-order valence-electron chi connectivity index (χ0n) is 10.4. The van der Waals surface area contributed by atoms with Crippen LogP contribution in [0.5, 0.6) is 0 Å². The minimum Gasteiger partial charge on any atom is -0.207 e. The summed E-state index contributed by atoms with van der Waals surface area (Å²) >= 11 is 2.14. The average Bonchev–Trinajstić information content (AvgIpc) is 2.40. The zero-order valence-corrected chi connectivity index (χ0v) is 13.4. The van der Waals surface area contributed by atoms with E-state index in [9.17, 15) is 8.42 Å². The molecule has 0 bridgehead atoms. The van der Waals surface area contributed by atoms with Gasteiger partial charge in [-0.15, -0.1) is 0 Å².